The summed E-state index contributed by atoms with van der Waals surface area (Å²) in [6.45, 7) is 15.8. The van der Waals surface area contributed by atoms with Crippen molar-refractivity contribution in [3.8, 4) is 0 Å². The van der Waals surface area contributed by atoms with E-state index in [1.807, 2.05) is 30.3 Å². The van der Waals surface area contributed by atoms with Crippen molar-refractivity contribution < 1.29 is 14.4 Å². The van der Waals surface area contributed by atoms with Crippen LogP contribution in [-0.2, 0) is 20.7 Å². The Balaban J connectivity index is 1.62. The third-order valence-electron chi connectivity index (χ3n) is 7.73. The van der Waals surface area contributed by atoms with Crippen LogP contribution in [0.25, 0.3) is 0 Å². The van der Waals surface area contributed by atoms with Crippen molar-refractivity contribution in [1.82, 2.24) is 5.06 Å². The predicted octanol–water partition coefficient (Wildman–Crippen LogP) is 6.84. The first-order chi connectivity index (χ1) is 15.4. The van der Waals surface area contributed by atoms with Gasteiger partial charge in [-0.15, -0.1) is 0 Å². The fourth-order valence-electron chi connectivity index (χ4n) is 5.78. The molecule has 0 bridgehead atoms. The van der Waals surface area contributed by atoms with E-state index in [0.717, 1.165) is 19.3 Å². The molecule has 3 atom stereocenters. The smallest absolute Gasteiger partial charge is 0.338 e. The molecule has 1 aliphatic carbocycles. The molecule has 2 aliphatic rings. The van der Waals surface area contributed by atoms with Crippen LogP contribution in [0.15, 0.2) is 54.6 Å². The van der Waals surface area contributed by atoms with E-state index in [1.54, 1.807) is 0 Å². The zero-order chi connectivity index (χ0) is 24.0. The molecule has 0 unspecified atom stereocenters. The zero-order valence-corrected chi connectivity index (χ0v) is 21.2. The summed E-state index contributed by atoms with van der Waals surface area (Å²) in [7, 11) is 0. The van der Waals surface area contributed by atoms with Crippen LogP contribution in [0.5, 0.6) is 0 Å². The number of ether oxygens (including phenoxy) is 1. The van der Waals surface area contributed by atoms with Gasteiger partial charge in [0, 0.05) is 0 Å². The van der Waals surface area contributed by atoms with Crippen molar-refractivity contribution in [1.29, 1.82) is 0 Å². The summed E-state index contributed by atoms with van der Waals surface area (Å²) in [6, 6.07) is 17.9. The molecular formula is C29H39NO3. The monoisotopic (exact) mass is 449 g/mol. The fraction of sp³-hybridized carbons (Fsp3) is 0.552. The summed E-state index contributed by atoms with van der Waals surface area (Å²) < 4.78 is 6.08. The van der Waals surface area contributed by atoms with Gasteiger partial charge in [-0.1, -0.05) is 63.2 Å². The van der Waals surface area contributed by atoms with Gasteiger partial charge in [-0.05, 0) is 81.5 Å². The third-order valence-corrected chi connectivity index (χ3v) is 7.73. The Hall–Kier alpha value is -2.17. The van der Waals surface area contributed by atoms with Gasteiger partial charge in [-0.2, -0.15) is 5.06 Å². The van der Waals surface area contributed by atoms with Gasteiger partial charge in [0.25, 0.3) is 0 Å². The van der Waals surface area contributed by atoms with Gasteiger partial charge >= 0.3 is 5.97 Å². The number of hydrogen-bond acceptors (Lipinski definition) is 4. The summed E-state index contributed by atoms with van der Waals surface area (Å²) in [4.78, 5) is 19.8. The van der Waals surface area contributed by atoms with E-state index in [0.29, 0.717) is 11.5 Å². The van der Waals surface area contributed by atoms with Crippen molar-refractivity contribution in [2.45, 2.75) is 91.0 Å². The zero-order valence-electron chi connectivity index (χ0n) is 21.2. The summed E-state index contributed by atoms with van der Waals surface area (Å²) in [5.74, 6) is 0.233. The Kier molecular flexibility index (Phi) is 6.22. The lowest BCUT2D eigenvalue weighted by Crippen LogP contribution is -2.52. The molecule has 0 N–H and O–H groups in total. The van der Waals surface area contributed by atoms with Gasteiger partial charge in [0.1, 0.15) is 12.2 Å². The van der Waals surface area contributed by atoms with Crippen LogP contribution in [-0.4, -0.2) is 23.2 Å². The molecule has 4 heteroatoms. The standard InChI is InChI=1S/C29H39NO3/c1-27(2,3)21-17-18-24(32-26(31)20-13-9-8-10-14-20)25(19-21)33-30-28(4,5)22-15-11-12-16-23(22)29(30,6)7/h8-16,21,24-25H,17-19H2,1-7H3/t21-,24+,25+/m1/s1. The summed E-state index contributed by atoms with van der Waals surface area (Å²) in [5.41, 5.74) is 2.76. The average molecular weight is 450 g/mol. The normalized spacial score (nSPS) is 26.6. The van der Waals surface area contributed by atoms with Gasteiger partial charge in [0.15, 0.2) is 0 Å². The van der Waals surface area contributed by atoms with Gasteiger partial charge in [0.2, 0.25) is 0 Å². The second kappa shape index (κ2) is 8.56. The van der Waals surface area contributed by atoms with Crippen LogP contribution in [0.1, 0.15) is 89.2 Å². The molecule has 1 saturated carbocycles. The lowest BCUT2D eigenvalue weighted by molar-refractivity contribution is -0.309. The second-order valence-electron chi connectivity index (χ2n) is 11.8. The van der Waals surface area contributed by atoms with E-state index >= 15 is 0 Å². The minimum Gasteiger partial charge on any atom is -0.456 e. The van der Waals surface area contributed by atoms with Crippen molar-refractivity contribution in [2.75, 3.05) is 0 Å². The molecule has 0 spiro atoms. The van der Waals surface area contributed by atoms with Crippen LogP contribution in [0.4, 0.5) is 0 Å². The van der Waals surface area contributed by atoms with Crippen molar-refractivity contribution in [2.24, 2.45) is 11.3 Å². The Morgan fingerprint density at radius 2 is 1.39 bits per heavy atom. The number of hydroxylamine groups is 2. The minimum absolute atomic E-state index is 0.176. The van der Waals surface area contributed by atoms with Crippen LogP contribution in [0, 0.1) is 11.3 Å². The third kappa shape index (κ3) is 4.48. The molecule has 33 heavy (non-hydrogen) atoms. The number of fused-ring (bicyclic) bond motifs is 1. The summed E-state index contributed by atoms with van der Waals surface area (Å²) in [6.07, 6.45) is 2.25. The second-order valence-corrected chi connectivity index (χ2v) is 11.8. The molecule has 4 nitrogen and oxygen atoms in total. The number of esters is 1. The first-order valence-electron chi connectivity index (χ1n) is 12.3. The Bertz CT molecular complexity index is 954. The number of benzene rings is 2. The number of nitrogens with zero attached hydrogens (tertiary/aromatic N) is 1. The Morgan fingerprint density at radius 1 is 0.848 bits per heavy atom. The van der Waals surface area contributed by atoms with Gasteiger partial charge in [0.05, 0.1) is 16.6 Å². The molecule has 0 amide bonds. The average Bonchev–Trinajstić information content (AvgIpc) is 2.92. The highest BCUT2D eigenvalue weighted by molar-refractivity contribution is 5.89. The Labute approximate surface area is 199 Å². The van der Waals surface area contributed by atoms with E-state index in [9.17, 15) is 4.79 Å². The van der Waals surface area contributed by atoms with Gasteiger partial charge < -0.3 is 4.74 Å². The molecule has 1 aliphatic heterocycles. The van der Waals surface area contributed by atoms with E-state index < -0.39 is 0 Å². The Morgan fingerprint density at radius 3 is 1.94 bits per heavy atom. The van der Waals surface area contributed by atoms with Gasteiger partial charge in [-0.3, -0.25) is 4.84 Å². The first-order valence-corrected chi connectivity index (χ1v) is 12.3. The van der Waals surface area contributed by atoms with Crippen LogP contribution in [0.3, 0.4) is 0 Å². The highest BCUT2D eigenvalue weighted by Crippen LogP contribution is 2.51. The van der Waals surface area contributed by atoms with Gasteiger partial charge in [-0.25, -0.2) is 4.79 Å². The molecule has 2 aromatic carbocycles. The number of rotatable bonds is 4. The summed E-state index contributed by atoms with van der Waals surface area (Å²) >= 11 is 0. The van der Waals surface area contributed by atoms with Crippen LogP contribution < -0.4 is 0 Å². The highest BCUT2D eigenvalue weighted by atomic mass is 16.7. The summed E-state index contributed by atoms with van der Waals surface area (Å²) in [5, 5.41) is 2.16. The maximum absolute atomic E-state index is 12.9. The lowest BCUT2D eigenvalue weighted by Gasteiger charge is -2.46. The van der Waals surface area contributed by atoms with E-state index in [2.05, 4.69) is 77.8 Å². The molecule has 178 valence electrons. The van der Waals surface area contributed by atoms with Crippen molar-refractivity contribution in [3.05, 3.63) is 71.3 Å². The SMILES string of the molecule is CC(C)(C)[C@@H]1CC[C@H](OC(=O)c2ccccc2)[C@@H](ON2C(C)(C)c3ccccc3C2(C)C)C1. The number of carbonyl (C=O) groups excluding carboxylic acids is 1. The maximum Gasteiger partial charge on any atom is 0.338 e. The molecule has 1 heterocycles. The molecule has 0 radical (unpaired) electrons. The highest BCUT2D eigenvalue weighted by Gasteiger charge is 2.52. The quantitative estimate of drug-likeness (QED) is 0.479. The first kappa shape index (κ1) is 24.0. The number of carbonyl (C=O) groups is 1. The predicted molar refractivity (Wildman–Crippen MR) is 132 cm³/mol. The maximum atomic E-state index is 12.9. The van der Waals surface area contributed by atoms with Crippen LogP contribution in [0.2, 0.25) is 0 Å². The van der Waals surface area contributed by atoms with Crippen LogP contribution >= 0.6 is 0 Å². The topological polar surface area (TPSA) is 38.8 Å². The largest absolute Gasteiger partial charge is 0.456 e. The molecule has 1 fully saturated rings. The fourth-order valence-corrected chi connectivity index (χ4v) is 5.78. The number of hydrogen-bond donors (Lipinski definition) is 0. The molecule has 4 rings (SSSR count). The minimum atomic E-state index is -0.289. The van der Waals surface area contributed by atoms with E-state index in [-0.39, 0.29) is 34.7 Å². The molecule has 0 saturated heterocycles. The molecule has 2 aromatic rings. The molecular weight excluding hydrogens is 410 g/mol. The molecule has 0 aromatic heterocycles. The van der Waals surface area contributed by atoms with Crippen molar-refractivity contribution >= 4 is 5.97 Å². The van der Waals surface area contributed by atoms with Crippen molar-refractivity contribution in [3.63, 3.8) is 0 Å². The van der Waals surface area contributed by atoms with E-state index in [1.165, 1.54) is 11.1 Å². The van der Waals surface area contributed by atoms with E-state index in [4.69, 9.17) is 9.57 Å². The lowest BCUT2D eigenvalue weighted by atomic mass is 9.71.